The topological polar surface area (TPSA) is 111 Å². The van der Waals surface area contributed by atoms with E-state index in [4.69, 9.17) is 4.74 Å². The molecular formula is C28H21FN4O5S2. The zero-order chi connectivity index (χ0) is 28.0. The Balaban J connectivity index is 1.37. The predicted molar refractivity (Wildman–Crippen MR) is 148 cm³/mol. The molecule has 1 saturated heterocycles. The van der Waals surface area contributed by atoms with Crippen molar-refractivity contribution in [2.24, 2.45) is 5.92 Å². The number of nitrogens with one attached hydrogen (secondary N) is 1. The quantitative estimate of drug-likeness (QED) is 0.347. The highest BCUT2D eigenvalue weighted by molar-refractivity contribution is 8.00. The Hall–Kier alpha value is -4.29. The number of thiazole rings is 1. The monoisotopic (exact) mass is 576 g/mol. The lowest BCUT2D eigenvalue weighted by molar-refractivity contribution is -0.122. The second-order valence-corrected chi connectivity index (χ2v) is 11.3. The van der Waals surface area contributed by atoms with E-state index in [0.29, 0.717) is 26.9 Å². The number of hydrogen-bond donors (Lipinski definition) is 1. The van der Waals surface area contributed by atoms with E-state index >= 15 is 0 Å². The summed E-state index contributed by atoms with van der Waals surface area (Å²) in [6.07, 6.45) is 3.22. The number of halogens is 1. The number of carbonyl (C=O) groups excluding carboxylic acids is 3. The third-order valence-corrected chi connectivity index (χ3v) is 9.46. The van der Waals surface area contributed by atoms with Crippen LogP contribution in [0.1, 0.15) is 16.4 Å². The van der Waals surface area contributed by atoms with Gasteiger partial charge in [-0.05, 0) is 60.2 Å². The summed E-state index contributed by atoms with van der Waals surface area (Å²) in [6.45, 7) is -0.273. The van der Waals surface area contributed by atoms with Gasteiger partial charge in [0.1, 0.15) is 23.4 Å². The van der Waals surface area contributed by atoms with Gasteiger partial charge in [0.2, 0.25) is 17.7 Å². The number of methoxy groups -OCH3 is 1. The number of imide groups is 1. The van der Waals surface area contributed by atoms with E-state index in [1.54, 1.807) is 55.9 Å². The Bertz CT molecular complexity index is 1670. The normalized spacial score (nSPS) is 19.8. The minimum Gasteiger partial charge on any atom is -0.497 e. The molecular weight excluding hydrogens is 555 g/mol. The van der Waals surface area contributed by atoms with Gasteiger partial charge in [0.25, 0.3) is 0 Å². The second kappa shape index (κ2) is 10.4. The maximum atomic E-state index is 13.8. The highest BCUT2D eigenvalue weighted by atomic mass is 32.2. The van der Waals surface area contributed by atoms with Crippen molar-refractivity contribution < 1.29 is 23.5 Å². The van der Waals surface area contributed by atoms with E-state index in [0.717, 1.165) is 28.0 Å². The zero-order valence-corrected chi connectivity index (χ0v) is 22.6. The van der Waals surface area contributed by atoms with Crippen molar-refractivity contribution in [3.63, 3.8) is 0 Å². The first kappa shape index (κ1) is 26.0. The van der Waals surface area contributed by atoms with Gasteiger partial charge in [-0.15, -0.1) is 0 Å². The molecule has 0 radical (unpaired) electrons. The number of carbonyl (C=O) groups is 3. The van der Waals surface area contributed by atoms with Crippen molar-refractivity contribution in [1.82, 2.24) is 9.55 Å². The van der Waals surface area contributed by atoms with E-state index in [-0.39, 0.29) is 17.1 Å². The molecule has 0 unspecified atom stereocenters. The first-order chi connectivity index (χ1) is 19.4. The van der Waals surface area contributed by atoms with E-state index in [1.807, 2.05) is 0 Å². The lowest BCUT2D eigenvalue weighted by Crippen LogP contribution is -2.33. The molecule has 40 heavy (non-hydrogen) atoms. The van der Waals surface area contributed by atoms with E-state index < -0.39 is 40.6 Å². The second-order valence-electron chi connectivity index (χ2n) is 9.22. The standard InChI is InChI=1S/C28H21FN4O5S2/c1-38-19-10-6-17(7-11-19)31-20(34)14-32-27-24(40-28(32)37)21(15-3-2-12-30-13-15)22-23(39-27)26(36)33(25(22)35)18-8-4-16(29)5-9-18/h2-13,21-23H,14H2,1H3,(H,31,34)/t21-,22-,23+/m0/s1. The fraction of sp³-hybridized carbons (Fsp3) is 0.179. The molecule has 9 nitrogen and oxygen atoms in total. The molecule has 2 aromatic heterocycles. The van der Waals surface area contributed by atoms with Crippen LogP contribution in [0.4, 0.5) is 15.8 Å². The summed E-state index contributed by atoms with van der Waals surface area (Å²) in [4.78, 5) is 59.1. The Kier molecular flexibility index (Phi) is 6.72. The Labute approximate surface area is 235 Å². The van der Waals surface area contributed by atoms with Gasteiger partial charge in [0.15, 0.2) is 0 Å². The van der Waals surface area contributed by atoms with Gasteiger partial charge >= 0.3 is 4.87 Å². The molecule has 6 rings (SSSR count). The van der Waals surface area contributed by atoms with E-state index in [1.165, 1.54) is 28.8 Å². The van der Waals surface area contributed by atoms with Crippen LogP contribution in [0.2, 0.25) is 0 Å². The van der Waals surface area contributed by atoms with Crippen molar-refractivity contribution in [2.75, 3.05) is 17.3 Å². The molecule has 2 aliphatic heterocycles. The SMILES string of the molecule is COc1ccc(NC(=O)Cn2c3c(sc2=O)[C@@H](c2cccnc2)[C@@H]2C(=O)N(c4ccc(F)cc4)C(=O)[C@@H]2S3)cc1. The minimum atomic E-state index is -0.847. The summed E-state index contributed by atoms with van der Waals surface area (Å²) in [5.74, 6) is -2.59. The van der Waals surface area contributed by atoms with Crippen LogP contribution in [-0.4, -0.2) is 39.6 Å². The number of nitrogens with zero attached hydrogens (tertiary/aromatic N) is 3. The number of thioether (sulfide) groups is 1. The molecule has 3 atom stereocenters. The number of fused-ring (bicyclic) bond motifs is 2. The molecule has 2 aromatic carbocycles. The molecule has 0 saturated carbocycles. The summed E-state index contributed by atoms with van der Waals surface area (Å²) >= 11 is 2.07. The van der Waals surface area contributed by atoms with Gasteiger partial charge in [0.05, 0.1) is 23.7 Å². The van der Waals surface area contributed by atoms with Crippen LogP contribution < -0.4 is 19.8 Å². The van der Waals surface area contributed by atoms with Crippen molar-refractivity contribution in [1.29, 1.82) is 0 Å². The van der Waals surface area contributed by atoms with Gasteiger partial charge in [-0.2, -0.15) is 0 Å². The van der Waals surface area contributed by atoms with Crippen molar-refractivity contribution in [3.8, 4) is 5.75 Å². The van der Waals surface area contributed by atoms with Crippen LogP contribution >= 0.6 is 23.1 Å². The van der Waals surface area contributed by atoms with Gasteiger partial charge in [-0.1, -0.05) is 29.2 Å². The molecule has 1 N–H and O–H groups in total. The third-order valence-electron chi connectivity index (χ3n) is 6.85. The fourth-order valence-electron chi connectivity index (χ4n) is 5.04. The molecule has 0 aliphatic carbocycles. The lowest BCUT2D eigenvalue weighted by Gasteiger charge is -2.30. The molecule has 0 spiro atoms. The van der Waals surface area contributed by atoms with Crippen LogP contribution in [-0.2, 0) is 20.9 Å². The zero-order valence-electron chi connectivity index (χ0n) is 20.9. The molecule has 4 heterocycles. The predicted octanol–water partition coefficient (Wildman–Crippen LogP) is 3.89. The van der Waals surface area contributed by atoms with Gasteiger partial charge in [-0.25, -0.2) is 9.29 Å². The van der Waals surface area contributed by atoms with Crippen LogP contribution in [0.5, 0.6) is 5.75 Å². The van der Waals surface area contributed by atoms with Crippen molar-refractivity contribution >= 4 is 52.2 Å². The number of aromatic nitrogens is 2. The smallest absolute Gasteiger partial charge is 0.308 e. The van der Waals surface area contributed by atoms with E-state index in [2.05, 4.69) is 10.3 Å². The molecule has 4 aromatic rings. The molecule has 1 fully saturated rings. The number of amides is 3. The van der Waals surface area contributed by atoms with Crippen molar-refractivity contribution in [2.45, 2.75) is 22.7 Å². The van der Waals surface area contributed by atoms with Gasteiger partial charge < -0.3 is 10.1 Å². The summed E-state index contributed by atoms with van der Waals surface area (Å²) in [5, 5.41) is 2.40. The van der Waals surface area contributed by atoms with E-state index in [9.17, 15) is 23.6 Å². The molecule has 202 valence electrons. The van der Waals surface area contributed by atoms with Crippen LogP contribution in [0.15, 0.2) is 82.9 Å². The third kappa shape index (κ3) is 4.48. The average Bonchev–Trinajstić information content (AvgIpc) is 3.40. The summed E-state index contributed by atoms with van der Waals surface area (Å²) in [7, 11) is 1.54. The van der Waals surface area contributed by atoms with Crippen molar-refractivity contribution in [3.05, 3.63) is 99.0 Å². The largest absolute Gasteiger partial charge is 0.497 e. The number of rotatable bonds is 6. The highest BCUT2D eigenvalue weighted by Crippen LogP contribution is 2.53. The van der Waals surface area contributed by atoms with Crippen LogP contribution in [0, 0.1) is 11.7 Å². The fourth-order valence-corrected chi connectivity index (χ4v) is 7.81. The minimum absolute atomic E-state index is 0.273. The maximum Gasteiger partial charge on any atom is 0.308 e. The summed E-state index contributed by atoms with van der Waals surface area (Å²) < 4.78 is 20.1. The first-order valence-corrected chi connectivity index (χ1v) is 13.9. The Morgan fingerprint density at radius 3 is 2.48 bits per heavy atom. The number of hydrogen-bond acceptors (Lipinski definition) is 8. The number of anilines is 2. The maximum absolute atomic E-state index is 13.8. The summed E-state index contributed by atoms with van der Waals surface area (Å²) in [5.41, 5.74) is 1.49. The number of benzene rings is 2. The first-order valence-electron chi connectivity index (χ1n) is 12.2. The highest BCUT2D eigenvalue weighted by Gasteiger charge is 2.56. The molecule has 12 heteroatoms. The van der Waals surface area contributed by atoms with Gasteiger partial charge in [0, 0.05) is 28.9 Å². The average molecular weight is 577 g/mol. The summed E-state index contributed by atoms with van der Waals surface area (Å²) in [6, 6.07) is 15.5. The molecule has 3 amide bonds. The molecule has 2 aliphatic rings. The van der Waals surface area contributed by atoms with Crippen LogP contribution in [0.3, 0.4) is 0 Å². The lowest BCUT2D eigenvalue weighted by atomic mass is 9.84. The Morgan fingerprint density at radius 1 is 1.05 bits per heavy atom. The van der Waals surface area contributed by atoms with Gasteiger partial charge in [-0.3, -0.25) is 28.7 Å². The molecule has 0 bridgehead atoms. The number of pyridine rings is 1. The Morgan fingerprint density at radius 2 is 1.80 bits per heavy atom. The number of ether oxygens (including phenoxy) is 1. The van der Waals surface area contributed by atoms with Crippen LogP contribution in [0.25, 0.3) is 0 Å².